The van der Waals surface area contributed by atoms with E-state index in [0.717, 1.165) is 0 Å². The van der Waals surface area contributed by atoms with Gasteiger partial charge < -0.3 is 10.4 Å². The Bertz CT molecular complexity index is 452. The van der Waals surface area contributed by atoms with Gasteiger partial charge in [-0.15, -0.1) is 11.8 Å². The van der Waals surface area contributed by atoms with Crippen molar-refractivity contribution in [3.8, 4) is 0 Å². The van der Waals surface area contributed by atoms with E-state index >= 15 is 0 Å². The number of hydrogen-bond donors (Lipinski definition) is 2. The zero-order valence-corrected chi connectivity index (χ0v) is 13.2. The maximum absolute atomic E-state index is 12.8. The van der Waals surface area contributed by atoms with E-state index in [0.29, 0.717) is 11.3 Å². The van der Waals surface area contributed by atoms with E-state index in [1.165, 1.54) is 24.3 Å². The molecule has 5 heteroatoms. The number of carbonyl (C=O) groups is 1. The third-order valence-corrected chi connectivity index (χ3v) is 4.00. The van der Waals surface area contributed by atoms with Gasteiger partial charge in [0.25, 0.3) is 0 Å². The van der Waals surface area contributed by atoms with Crippen molar-refractivity contribution in [3.05, 3.63) is 35.6 Å². The van der Waals surface area contributed by atoms with Crippen molar-refractivity contribution in [2.75, 3.05) is 12.3 Å². The molecule has 0 aliphatic heterocycles. The van der Waals surface area contributed by atoms with Crippen molar-refractivity contribution in [1.82, 2.24) is 5.32 Å². The van der Waals surface area contributed by atoms with Gasteiger partial charge in [0, 0.05) is 4.75 Å². The van der Waals surface area contributed by atoms with Crippen LogP contribution in [0, 0.1) is 5.82 Å². The number of carbonyl (C=O) groups excluding carboxylic acids is 1. The minimum atomic E-state index is -1.21. The number of rotatable bonds is 5. The third kappa shape index (κ3) is 5.92. The van der Waals surface area contributed by atoms with Gasteiger partial charge in [-0.1, -0.05) is 32.9 Å². The Morgan fingerprint density at radius 2 is 1.80 bits per heavy atom. The highest BCUT2D eigenvalue weighted by molar-refractivity contribution is 8.01. The molecule has 1 aromatic carbocycles. The zero-order chi connectivity index (χ0) is 15.4. The predicted molar refractivity (Wildman–Crippen MR) is 81.2 cm³/mol. The van der Waals surface area contributed by atoms with Gasteiger partial charge in [-0.05, 0) is 24.6 Å². The van der Waals surface area contributed by atoms with Gasteiger partial charge in [0.2, 0.25) is 5.91 Å². The smallest absolute Gasteiger partial charge is 0.230 e. The zero-order valence-electron chi connectivity index (χ0n) is 12.4. The number of aliphatic hydroxyl groups is 1. The maximum Gasteiger partial charge on any atom is 0.230 e. The second-order valence-corrected chi connectivity index (χ2v) is 7.76. The van der Waals surface area contributed by atoms with Gasteiger partial charge >= 0.3 is 0 Å². The van der Waals surface area contributed by atoms with Gasteiger partial charge in [-0.3, -0.25) is 4.79 Å². The normalized spacial score (nSPS) is 14.7. The molecule has 2 N–H and O–H groups in total. The van der Waals surface area contributed by atoms with E-state index in [1.807, 2.05) is 20.8 Å². The third-order valence-electron chi connectivity index (χ3n) is 2.73. The van der Waals surface area contributed by atoms with Crippen molar-refractivity contribution >= 4 is 17.7 Å². The minimum absolute atomic E-state index is 0.0246. The fourth-order valence-corrected chi connectivity index (χ4v) is 2.18. The molecule has 0 saturated heterocycles. The van der Waals surface area contributed by atoms with Gasteiger partial charge in [-0.25, -0.2) is 4.39 Å². The Morgan fingerprint density at radius 3 is 2.30 bits per heavy atom. The molecule has 0 fully saturated rings. The van der Waals surface area contributed by atoms with Gasteiger partial charge in [-0.2, -0.15) is 0 Å². The van der Waals surface area contributed by atoms with E-state index in [4.69, 9.17) is 0 Å². The van der Waals surface area contributed by atoms with Crippen LogP contribution in [0.25, 0.3) is 0 Å². The summed E-state index contributed by atoms with van der Waals surface area (Å²) >= 11 is 1.55. The van der Waals surface area contributed by atoms with Gasteiger partial charge in [0.1, 0.15) is 11.4 Å². The lowest BCUT2D eigenvalue weighted by molar-refractivity contribution is -0.119. The number of benzene rings is 1. The summed E-state index contributed by atoms with van der Waals surface area (Å²) in [5.74, 6) is -0.120. The monoisotopic (exact) mass is 299 g/mol. The summed E-state index contributed by atoms with van der Waals surface area (Å²) in [6.45, 7) is 7.82. The molecule has 112 valence electrons. The Kier molecular flexibility index (Phi) is 5.59. The van der Waals surface area contributed by atoms with Crippen LogP contribution in [-0.2, 0) is 10.4 Å². The molecule has 0 bridgehead atoms. The summed E-state index contributed by atoms with van der Waals surface area (Å²) in [6.07, 6.45) is 0. The van der Waals surface area contributed by atoms with Crippen LogP contribution in [0.3, 0.4) is 0 Å². The fraction of sp³-hybridized carbons (Fsp3) is 0.533. The first kappa shape index (κ1) is 17.0. The highest BCUT2D eigenvalue weighted by Crippen LogP contribution is 2.23. The van der Waals surface area contributed by atoms with E-state index < -0.39 is 5.60 Å². The predicted octanol–water partition coefficient (Wildman–Crippen LogP) is 2.68. The van der Waals surface area contributed by atoms with Crippen LogP contribution < -0.4 is 5.32 Å². The van der Waals surface area contributed by atoms with E-state index in [2.05, 4.69) is 5.32 Å². The van der Waals surface area contributed by atoms with Crippen molar-refractivity contribution in [3.63, 3.8) is 0 Å². The molecule has 1 unspecified atom stereocenters. The Balaban J connectivity index is 2.51. The summed E-state index contributed by atoms with van der Waals surface area (Å²) < 4.78 is 12.9. The molecule has 1 aromatic rings. The van der Waals surface area contributed by atoms with E-state index in [-0.39, 0.29) is 23.0 Å². The van der Waals surface area contributed by atoms with Crippen LogP contribution in [0.2, 0.25) is 0 Å². The number of thioether (sulfide) groups is 1. The molecular formula is C15H22FNO2S. The summed E-state index contributed by atoms with van der Waals surface area (Å²) in [4.78, 5) is 11.7. The molecule has 0 saturated carbocycles. The number of hydrogen-bond acceptors (Lipinski definition) is 3. The Labute approximate surface area is 124 Å². The van der Waals surface area contributed by atoms with Gasteiger partial charge in [0.15, 0.2) is 0 Å². The molecule has 1 atom stereocenters. The maximum atomic E-state index is 12.8. The van der Waals surface area contributed by atoms with Crippen LogP contribution in [0.5, 0.6) is 0 Å². The lowest BCUT2D eigenvalue weighted by Gasteiger charge is -2.24. The average molecular weight is 299 g/mol. The fourth-order valence-electron chi connectivity index (χ4n) is 1.51. The molecular weight excluding hydrogens is 277 g/mol. The Morgan fingerprint density at radius 1 is 1.25 bits per heavy atom. The molecule has 0 heterocycles. The van der Waals surface area contributed by atoms with Crippen molar-refractivity contribution in [2.24, 2.45) is 0 Å². The van der Waals surface area contributed by atoms with Crippen LogP contribution >= 0.6 is 11.8 Å². The largest absolute Gasteiger partial charge is 0.384 e. The lowest BCUT2D eigenvalue weighted by Crippen LogP contribution is -2.39. The number of nitrogens with one attached hydrogen (secondary N) is 1. The molecule has 20 heavy (non-hydrogen) atoms. The van der Waals surface area contributed by atoms with Crippen LogP contribution in [-0.4, -0.2) is 28.1 Å². The number of halogens is 1. The second-order valence-electron chi connectivity index (χ2n) is 5.96. The van der Waals surface area contributed by atoms with Gasteiger partial charge in [0.05, 0.1) is 12.3 Å². The molecule has 0 aliphatic carbocycles. The quantitative estimate of drug-likeness (QED) is 0.879. The lowest BCUT2D eigenvalue weighted by atomic mass is 9.96. The molecule has 1 rings (SSSR count). The first-order chi connectivity index (χ1) is 9.10. The molecule has 0 aliphatic rings. The first-order valence-corrected chi connectivity index (χ1v) is 7.48. The van der Waals surface area contributed by atoms with E-state index in [1.54, 1.807) is 18.7 Å². The molecule has 0 radical (unpaired) electrons. The second kappa shape index (κ2) is 6.59. The topological polar surface area (TPSA) is 49.3 Å². The molecule has 3 nitrogen and oxygen atoms in total. The molecule has 0 aromatic heterocycles. The first-order valence-electron chi connectivity index (χ1n) is 6.49. The summed E-state index contributed by atoms with van der Waals surface area (Å²) in [6, 6.07) is 5.62. The van der Waals surface area contributed by atoms with Crippen LogP contribution in [0.15, 0.2) is 24.3 Å². The Hall–Kier alpha value is -1.07. The highest BCUT2D eigenvalue weighted by atomic mass is 32.2. The summed E-state index contributed by atoms with van der Waals surface area (Å²) in [7, 11) is 0. The van der Waals surface area contributed by atoms with Crippen molar-refractivity contribution in [1.29, 1.82) is 0 Å². The standard InChI is InChI=1S/C15H22FNO2S/c1-14(2,3)20-9-13(18)17-10-15(4,19)11-5-7-12(16)8-6-11/h5-8,19H,9-10H2,1-4H3,(H,17,18). The van der Waals surface area contributed by atoms with Crippen LogP contribution in [0.4, 0.5) is 4.39 Å². The minimum Gasteiger partial charge on any atom is -0.384 e. The van der Waals surface area contributed by atoms with Crippen LogP contribution in [0.1, 0.15) is 33.3 Å². The molecule has 1 amide bonds. The van der Waals surface area contributed by atoms with Crippen molar-refractivity contribution < 1.29 is 14.3 Å². The SMILES string of the molecule is CC(C)(C)SCC(=O)NCC(C)(O)c1ccc(F)cc1. The summed E-state index contributed by atoms with van der Waals surface area (Å²) in [5, 5.41) is 13.0. The summed E-state index contributed by atoms with van der Waals surface area (Å²) in [5.41, 5.74) is -0.641. The highest BCUT2D eigenvalue weighted by Gasteiger charge is 2.24. The molecule has 0 spiro atoms. The average Bonchev–Trinajstić information content (AvgIpc) is 2.34. The number of amides is 1. The van der Waals surface area contributed by atoms with Crippen molar-refractivity contribution in [2.45, 2.75) is 38.0 Å². The van der Waals surface area contributed by atoms with E-state index in [9.17, 15) is 14.3 Å².